The van der Waals surface area contributed by atoms with Crippen LogP contribution in [0.1, 0.15) is 19.4 Å². The van der Waals surface area contributed by atoms with E-state index in [1.165, 1.54) is 7.11 Å². The highest BCUT2D eigenvalue weighted by Gasteiger charge is 2.22. The van der Waals surface area contributed by atoms with Gasteiger partial charge in [0, 0.05) is 25.3 Å². The fraction of sp³-hybridized carbons (Fsp3) is 0.556. The molecule has 24 heavy (non-hydrogen) atoms. The molecule has 1 aromatic rings. The molecule has 0 spiro atoms. The lowest BCUT2D eigenvalue weighted by Gasteiger charge is -2.25. The highest BCUT2D eigenvalue weighted by Crippen LogP contribution is 2.19. The van der Waals surface area contributed by atoms with Crippen molar-refractivity contribution in [3.8, 4) is 5.75 Å². The summed E-state index contributed by atoms with van der Waals surface area (Å²) in [5, 5.41) is 0. The number of hydrogen-bond donors (Lipinski definition) is 0. The van der Waals surface area contributed by atoms with Gasteiger partial charge in [0.25, 0.3) is 0 Å². The Hall–Kier alpha value is -2.08. The summed E-state index contributed by atoms with van der Waals surface area (Å²) in [7, 11) is 2.93. The molecule has 6 heteroatoms. The minimum Gasteiger partial charge on any atom is -0.496 e. The van der Waals surface area contributed by atoms with E-state index in [1.54, 1.807) is 18.9 Å². The molecule has 0 saturated carbocycles. The number of esters is 1. The van der Waals surface area contributed by atoms with E-state index in [1.807, 2.05) is 31.2 Å². The summed E-state index contributed by atoms with van der Waals surface area (Å²) in [6.45, 7) is 5.40. The van der Waals surface area contributed by atoms with Crippen LogP contribution in [0, 0.1) is 5.92 Å². The summed E-state index contributed by atoms with van der Waals surface area (Å²) in [5.41, 5.74) is 0.817. The number of para-hydroxylation sites is 1. The maximum absolute atomic E-state index is 12.7. The van der Waals surface area contributed by atoms with Gasteiger partial charge in [-0.05, 0) is 13.0 Å². The van der Waals surface area contributed by atoms with Crippen molar-refractivity contribution in [2.75, 3.05) is 40.5 Å². The third kappa shape index (κ3) is 6.20. The van der Waals surface area contributed by atoms with E-state index in [0.29, 0.717) is 32.1 Å². The van der Waals surface area contributed by atoms with Gasteiger partial charge in [-0.1, -0.05) is 25.1 Å². The first-order valence-corrected chi connectivity index (χ1v) is 8.08. The average Bonchev–Trinajstić information content (AvgIpc) is 2.60. The van der Waals surface area contributed by atoms with Crippen molar-refractivity contribution in [3.63, 3.8) is 0 Å². The molecule has 0 aromatic heterocycles. The van der Waals surface area contributed by atoms with Crippen molar-refractivity contribution in [2.45, 2.75) is 20.3 Å². The van der Waals surface area contributed by atoms with E-state index in [4.69, 9.17) is 14.2 Å². The van der Waals surface area contributed by atoms with E-state index in [-0.39, 0.29) is 18.3 Å². The Labute approximate surface area is 143 Å². The topological polar surface area (TPSA) is 65.1 Å². The molecule has 1 rings (SSSR count). The number of amides is 1. The fourth-order valence-corrected chi connectivity index (χ4v) is 2.37. The molecule has 0 fully saturated rings. The molecule has 0 aliphatic heterocycles. The molecule has 1 aromatic carbocycles. The van der Waals surface area contributed by atoms with Gasteiger partial charge in [0.2, 0.25) is 5.91 Å². The van der Waals surface area contributed by atoms with Gasteiger partial charge in [-0.25, -0.2) is 0 Å². The van der Waals surface area contributed by atoms with Crippen LogP contribution in [0.2, 0.25) is 0 Å². The highest BCUT2D eigenvalue weighted by atomic mass is 16.5. The Balaban J connectivity index is 2.79. The van der Waals surface area contributed by atoms with E-state index >= 15 is 0 Å². The molecule has 0 aliphatic rings. The largest absolute Gasteiger partial charge is 0.496 e. The van der Waals surface area contributed by atoms with Gasteiger partial charge in [-0.2, -0.15) is 0 Å². The number of benzene rings is 1. The van der Waals surface area contributed by atoms with Crippen LogP contribution in [0.25, 0.3) is 0 Å². The van der Waals surface area contributed by atoms with Crippen LogP contribution in [-0.2, 0) is 25.5 Å². The normalized spacial score (nSPS) is 11.7. The Morgan fingerprint density at radius 3 is 2.54 bits per heavy atom. The summed E-state index contributed by atoms with van der Waals surface area (Å²) in [6, 6.07) is 7.41. The van der Waals surface area contributed by atoms with Crippen LogP contribution >= 0.6 is 0 Å². The molecule has 1 unspecified atom stereocenters. The molecule has 6 nitrogen and oxygen atoms in total. The molecule has 134 valence electrons. The van der Waals surface area contributed by atoms with Gasteiger partial charge >= 0.3 is 5.97 Å². The molecular weight excluding hydrogens is 310 g/mol. The van der Waals surface area contributed by atoms with Crippen LogP contribution < -0.4 is 4.74 Å². The lowest BCUT2D eigenvalue weighted by Crippen LogP contribution is -2.40. The Morgan fingerprint density at radius 1 is 1.21 bits per heavy atom. The van der Waals surface area contributed by atoms with Gasteiger partial charge in [0.1, 0.15) is 5.75 Å². The standard InChI is InChI=1S/C18H27NO5/c1-5-24-11-10-19(13-14(2)18(21)23-4)17(20)12-15-8-6-7-9-16(15)22-3/h6-9,14H,5,10-13H2,1-4H3. The molecule has 0 bridgehead atoms. The molecule has 1 atom stereocenters. The summed E-state index contributed by atoms with van der Waals surface area (Å²) < 4.78 is 15.4. The van der Waals surface area contributed by atoms with Crippen LogP contribution in [-0.4, -0.2) is 57.3 Å². The maximum atomic E-state index is 12.7. The first-order chi connectivity index (χ1) is 11.5. The van der Waals surface area contributed by atoms with Gasteiger partial charge in [0.15, 0.2) is 0 Å². The molecule has 0 N–H and O–H groups in total. The maximum Gasteiger partial charge on any atom is 0.310 e. The molecule has 0 saturated heterocycles. The van der Waals surface area contributed by atoms with Crippen LogP contribution in [0.15, 0.2) is 24.3 Å². The monoisotopic (exact) mass is 337 g/mol. The predicted octanol–water partition coefficient (Wildman–Crippen LogP) is 1.91. The van der Waals surface area contributed by atoms with Gasteiger partial charge in [-0.3, -0.25) is 9.59 Å². The van der Waals surface area contributed by atoms with E-state index in [9.17, 15) is 9.59 Å². The number of carbonyl (C=O) groups excluding carboxylic acids is 2. The van der Waals surface area contributed by atoms with Crippen molar-refractivity contribution in [1.82, 2.24) is 4.90 Å². The molecule has 0 aliphatic carbocycles. The summed E-state index contributed by atoms with van der Waals surface area (Å²) >= 11 is 0. The lowest BCUT2D eigenvalue weighted by atomic mass is 10.1. The van der Waals surface area contributed by atoms with Crippen LogP contribution in [0.3, 0.4) is 0 Å². The Morgan fingerprint density at radius 2 is 1.92 bits per heavy atom. The van der Waals surface area contributed by atoms with E-state index in [2.05, 4.69) is 0 Å². The SMILES string of the molecule is CCOCCN(CC(C)C(=O)OC)C(=O)Cc1ccccc1OC. The van der Waals surface area contributed by atoms with Crippen LogP contribution in [0.5, 0.6) is 5.75 Å². The molecule has 0 radical (unpaired) electrons. The smallest absolute Gasteiger partial charge is 0.310 e. The Kier molecular flexibility index (Phi) is 8.86. The zero-order valence-corrected chi connectivity index (χ0v) is 14.9. The minimum absolute atomic E-state index is 0.0741. The molecular formula is C18H27NO5. The first kappa shape index (κ1) is 20.0. The van der Waals surface area contributed by atoms with Crippen molar-refractivity contribution in [2.24, 2.45) is 5.92 Å². The quantitative estimate of drug-likeness (QED) is 0.482. The summed E-state index contributed by atoms with van der Waals surface area (Å²) in [4.78, 5) is 26.0. The van der Waals surface area contributed by atoms with Crippen molar-refractivity contribution in [1.29, 1.82) is 0 Å². The van der Waals surface area contributed by atoms with Crippen molar-refractivity contribution in [3.05, 3.63) is 29.8 Å². The van der Waals surface area contributed by atoms with Gasteiger partial charge in [-0.15, -0.1) is 0 Å². The number of methoxy groups -OCH3 is 2. The van der Waals surface area contributed by atoms with E-state index < -0.39 is 5.92 Å². The average molecular weight is 337 g/mol. The number of hydrogen-bond acceptors (Lipinski definition) is 5. The zero-order chi connectivity index (χ0) is 17.9. The molecule has 0 heterocycles. The summed E-state index contributed by atoms with van der Waals surface area (Å²) in [6.07, 6.45) is 0.212. The zero-order valence-electron chi connectivity index (χ0n) is 14.9. The first-order valence-electron chi connectivity index (χ1n) is 8.08. The van der Waals surface area contributed by atoms with Crippen LogP contribution in [0.4, 0.5) is 0 Å². The number of rotatable bonds is 10. The van der Waals surface area contributed by atoms with Gasteiger partial charge in [0.05, 0.1) is 33.2 Å². The fourth-order valence-electron chi connectivity index (χ4n) is 2.37. The third-order valence-corrected chi connectivity index (χ3v) is 3.69. The van der Waals surface area contributed by atoms with Crippen molar-refractivity contribution >= 4 is 11.9 Å². The van der Waals surface area contributed by atoms with Crippen molar-refractivity contribution < 1.29 is 23.8 Å². The molecule has 1 amide bonds. The second kappa shape index (κ2) is 10.6. The third-order valence-electron chi connectivity index (χ3n) is 3.69. The van der Waals surface area contributed by atoms with Gasteiger partial charge < -0.3 is 19.1 Å². The highest BCUT2D eigenvalue weighted by molar-refractivity contribution is 5.80. The second-order valence-electron chi connectivity index (χ2n) is 5.45. The number of ether oxygens (including phenoxy) is 3. The minimum atomic E-state index is -0.391. The number of carbonyl (C=O) groups is 2. The Bertz CT molecular complexity index is 532. The van der Waals surface area contributed by atoms with E-state index in [0.717, 1.165) is 5.56 Å². The second-order valence-corrected chi connectivity index (χ2v) is 5.45. The summed E-state index contributed by atoms with van der Waals surface area (Å²) in [5.74, 6) is -0.119. The number of nitrogens with zero attached hydrogens (tertiary/aromatic N) is 1. The lowest BCUT2D eigenvalue weighted by molar-refractivity contribution is -0.146. The predicted molar refractivity (Wildman–Crippen MR) is 91.0 cm³/mol.